The fourth-order valence-electron chi connectivity index (χ4n) is 3.38. The molecule has 8 heteroatoms. The lowest BCUT2D eigenvalue weighted by Gasteiger charge is -2.44. The molecule has 0 aromatic heterocycles. The van der Waals surface area contributed by atoms with Crippen LogP contribution >= 0.6 is 0 Å². The summed E-state index contributed by atoms with van der Waals surface area (Å²) in [7, 11) is 0. The summed E-state index contributed by atoms with van der Waals surface area (Å²) >= 11 is 0. The van der Waals surface area contributed by atoms with Gasteiger partial charge in [0.2, 0.25) is 11.8 Å². The van der Waals surface area contributed by atoms with E-state index in [0.29, 0.717) is 17.5 Å². The quantitative estimate of drug-likeness (QED) is 0.478. The molecule has 1 aromatic rings. The number of ether oxygens (including phenoxy) is 1. The average molecular weight is 474 g/mol. The molecule has 0 heterocycles. The van der Waals surface area contributed by atoms with E-state index in [4.69, 9.17) is 11.2 Å². The predicted molar refractivity (Wildman–Crippen MR) is 132 cm³/mol. The number of rotatable bonds is 9. The van der Waals surface area contributed by atoms with E-state index in [-0.39, 0.29) is 6.04 Å². The van der Waals surface area contributed by atoms with E-state index >= 15 is 0 Å². The van der Waals surface area contributed by atoms with E-state index in [1.165, 1.54) is 4.90 Å². The lowest BCUT2D eigenvalue weighted by atomic mass is 9.90. The van der Waals surface area contributed by atoms with Crippen molar-refractivity contribution in [2.45, 2.75) is 91.1 Å². The summed E-state index contributed by atoms with van der Waals surface area (Å²) in [6, 6.07) is 4.31. The Morgan fingerprint density at radius 2 is 1.71 bits per heavy atom. The normalized spacial score (nSPS) is 13.4. The zero-order valence-corrected chi connectivity index (χ0v) is 21.6. The van der Waals surface area contributed by atoms with Crippen LogP contribution in [0.15, 0.2) is 24.3 Å². The van der Waals surface area contributed by atoms with Gasteiger partial charge in [0, 0.05) is 17.1 Å². The van der Waals surface area contributed by atoms with Crippen molar-refractivity contribution in [3.8, 4) is 12.3 Å². The molecule has 1 aromatic carbocycles. The van der Waals surface area contributed by atoms with Gasteiger partial charge >= 0.3 is 6.09 Å². The van der Waals surface area contributed by atoms with Gasteiger partial charge in [0.25, 0.3) is 0 Å². The van der Waals surface area contributed by atoms with E-state index < -0.39 is 47.7 Å². The molecule has 0 radical (unpaired) electrons. The van der Waals surface area contributed by atoms with Crippen molar-refractivity contribution in [1.82, 2.24) is 15.5 Å². The van der Waals surface area contributed by atoms with E-state index in [0.717, 1.165) is 0 Å². The fourth-order valence-corrected chi connectivity index (χ4v) is 3.38. The summed E-state index contributed by atoms with van der Waals surface area (Å²) < 4.78 is 5.26. The molecule has 0 aliphatic carbocycles. The zero-order chi connectivity index (χ0) is 26.3. The molecular weight excluding hydrogens is 434 g/mol. The Morgan fingerprint density at radius 3 is 2.18 bits per heavy atom. The molecular formula is C26H39N3O5. The number of alkyl carbamates (subject to hydrolysis) is 1. The van der Waals surface area contributed by atoms with Gasteiger partial charge in [-0.15, -0.1) is 6.42 Å². The van der Waals surface area contributed by atoms with Crippen molar-refractivity contribution < 1.29 is 24.2 Å². The van der Waals surface area contributed by atoms with Crippen LogP contribution < -0.4 is 10.6 Å². The maximum Gasteiger partial charge on any atom is 0.408 e. The Labute approximate surface area is 203 Å². The number of nitrogens with zero attached hydrogens (tertiary/aromatic N) is 1. The first-order chi connectivity index (χ1) is 15.7. The van der Waals surface area contributed by atoms with Gasteiger partial charge in [-0.2, -0.15) is 0 Å². The van der Waals surface area contributed by atoms with Crippen LogP contribution in [0.25, 0.3) is 0 Å². The monoisotopic (exact) mass is 473 g/mol. The Balaban J connectivity index is 3.63. The number of nitrogens with one attached hydrogen (secondary N) is 2. The summed E-state index contributed by atoms with van der Waals surface area (Å²) in [6.07, 6.45) is 5.37. The van der Waals surface area contributed by atoms with E-state index in [1.54, 1.807) is 45.0 Å². The molecule has 8 nitrogen and oxygen atoms in total. The molecule has 0 fully saturated rings. The van der Waals surface area contributed by atoms with Crippen LogP contribution in [0.5, 0.6) is 0 Å². The molecule has 188 valence electrons. The van der Waals surface area contributed by atoms with Crippen molar-refractivity contribution in [2.24, 2.45) is 0 Å². The molecule has 3 amide bonds. The molecule has 2 unspecified atom stereocenters. The Kier molecular flexibility index (Phi) is 10.1. The Bertz CT molecular complexity index is 912. The minimum Gasteiger partial charge on any atom is -0.444 e. The van der Waals surface area contributed by atoms with Gasteiger partial charge < -0.3 is 25.4 Å². The molecule has 0 saturated carbocycles. The highest BCUT2D eigenvalue weighted by Crippen LogP contribution is 2.33. The number of amides is 3. The van der Waals surface area contributed by atoms with Crippen molar-refractivity contribution in [1.29, 1.82) is 0 Å². The summed E-state index contributed by atoms with van der Waals surface area (Å²) in [5, 5.41) is 15.3. The molecule has 0 aliphatic rings. The van der Waals surface area contributed by atoms with Crippen LogP contribution in [0.3, 0.4) is 0 Å². The van der Waals surface area contributed by atoms with Crippen molar-refractivity contribution in [3.05, 3.63) is 35.4 Å². The largest absolute Gasteiger partial charge is 0.444 e. The summed E-state index contributed by atoms with van der Waals surface area (Å²) in [6.45, 7) is 13.6. The van der Waals surface area contributed by atoms with E-state index in [9.17, 15) is 19.5 Å². The van der Waals surface area contributed by atoms with Crippen LogP contribution in [0.2, 0.25) is 0 Å². The smallest absolute Gasteiger partial charge is 0.408 e. The van der Waals surface area contributed by atoms with Crippen molar-refractivity contribution in [3.63, 3.8) is 0 Å². The molecule has 34 heavy (non-hydrogen) atoms. The number of hydrogen-bond donors (Lipinski definition) is 3. The highest BCUT2D eigenvalue weighted by Gasteiger charge is 2.43. The lowest BCUT2D eigenvalue weighted by molar-refractivity contribution is -0.150. The Morgan fingerprint density at radius 1 is 1.12 bits per heavy atom. The second kappa shape index (κ2) is 11.9. The molecule has 0 aliphatic heterocycles. The topological polar surface area (TPSA) is 108 Å². The number of carbonyl (C=O) groups excluding carboxylic acids is 3. The summed E-state index contributed by atoms with van der Waals surface area (Å²) in [5.74, 6) is 1.55. The molecule has 0 spiro atoms. The zero-order valence-electron chi connectivity index (χ0n) is 21.6. The highest BCUT2D eigenvalue weighted by atomic mass is 16.6. The van der Waals surface area contributed by atoms with Gasteiger partial charge in [-0.1, -0.05) is 31.0 Å². The minimum absolute atomic E-state index is 0.191. The SMILES string of the molecule is C#Cc1ccccc1C(C(=O)NC(C)C)N(C(=O)C(CO)NC(=O)OC(C)(C)C)C(C)(C)CC. The lowest BCUT2D eigenvalue weighted by Crippen LogP contribution is -2.60. The van der Waals surface area contributed by atoms with Crippen LogP contribution in [-0.2, 0) is 14.3 Å². The second-order valence-electron chi connectivity index (χ2n) is 10.1. The fraction of sp³-hybridized carbons (Fsp3) is 0.577. The number of benzene rings is 1. The number of carbonyl (C=O) groups is 3. The maximum atomic E-state index is 13.8. The molecule has 0 saturated heterocycles. The van der Waals surface area contributed by atoms with Gasteiger partial charge in [-0.25, -0.2) is 4.79 Å². The molecule has 0 bridgehead atoms. The van der Waals surface area contributed by atoms with Gasteiger partial charge in [0.15, 0.2) is 0 Å². The van der Waals surface area contributed by atoms with Gasteiger partial charge in [-0.3, -0.25) is 9.59 Å². The average Bonchev–Trinajstić information content (AvgIpc) is 2.73. The Hall–Kier alpha value is -3.05. The first-order valence-electron chi connectivity index (χ1n) is 11.5. The van der Waals surface area contributed by atoms with Gasteiger partial charge in [0.1, 0.15) is 17.7 Å². The second-order valence-corrected chi connectivity index (χ2v) is 10.1. The molecule has 2 atom stereocenters. The van der Waals surface area contributed by atoms with Crippen LogP contribution in [-0.4, -0.2) is 57.7 Å². The maximum absolute atomic E-state index is 13.8. The standard InChI is InChI=1S/C26H39N3O5/c1-10-18-14-12-13-15-19(18)21(22(31)27-17(3)4)29(26(8,9)11-2)23(32)20(16-30)28-24(33)34-25(5,6)7/h1,12-15,17,20-21,30H,11,16H2,2-9H3,(H,27,31)(H,28,33). The summed E-state index contributed by atoms with van der Waals surface area (Å²) in [4.78, 5) is 41.1. The third-order valence-corrected chi connectivity index (χ3v) is 5.27. The summed E-state index contributed by atoms with van der Waals surface area (Å²) in [5.41, 5.74) is -0.675. The highest BCUT2D eigenvalue weighted by molar-refractivity contribution is 5.93. The van der Waals surface area contributed by atoms with Crippen LogP contribution in [0, 0.1) is 12.3 Å². The van der Waals surface area contributed by atoms with Gasteiger partial charge in [0.05, 0.1) is 6.61 Å². The molecule has 1 rings (SSSR count). The van der Waals surface area contributed by atoms with E-state index in [1.807, 2.05) is 34.6 Å². The molecule has 3 N–H and O–H groups in total. The predicted octanol–water partition coefficient (Wildman–Crippen LogP) is 3.14. The van der Waals surface area contributed by atoms with E-state index in [2.05, 4.69) is 16.6 Å². The third-order valence-electron chi connectivity index (χ3n) is 5.27. The first kappa shape index (κ1) is 29.0. The van der Waals surface area contributed by atoms with Crippen LogP contribution in [0.1, 0.15) is 79.0 Å². The van der Waals surface area contributed by atoms with Gasteiger partial charge in [-0.05, 0) is 66.5 Å². The van der Waals surface area contributed by atoms with Crippen molar-refractivity contribution >= 4 is 17.9 Å². The minimum atomic E-state index is -1.33. The number of hydrogen-bond acceptors (Lipinski definition) is 5. The number of aliphatic hydroxyl groups excluding tert-OH is 1. The van der Waals surface area contributed by atoms with Crippen molar-refractivity contribution in [2.75, 3.05) is 6.61 Å². The first-order valence-corrected chi connectivity index (χ1v) is 11.5. The van der Waals surface area contributed by atoms with Crippen LogP contribution in [0.4, 0.5) is 4.79 Å². The third kappa shape index (κ3) is 7.77. The number of aliphatic hydroxyl groups is 1. The number of terminal acetylenes is 1.